The Morgan fingerprint density at radius 2 is 2.07 bits per heavy atom. The van der Waals surface area contributed by atoms with E-state index in [0.29, 0.717) is 13.2 Å². The van der Waals surface area contributed by atoms with Gasteiger partial charge in [0.1, 0.15) is 0 Å². The molecule has 1 saturated heterocycles. The van der Waals surface area contributed by atoms with E-state index in [4.69, 9.17) is 4.74 Å². The van der Waals surface area contributed by atoms with Gasteiger partial charge in [-0.2, -0.15) is 0 Å². The van der Waals surface area contributed by atoms with Crippen molar-refractivity contribution in [2.45, 2.75) is 13.0 Å². The first kappa shape index (κ1) is 10.2. The van der Waals surface area contributed by atoms with Crippen LogP contribution < -0.4 is 5.32 Å². The lowest BCUT2D eigenvalue weighted by atomic mass is 9.97. The van der Waals surface area contributed by atoms with E-state index in [1.807, 2.05) is 37.3 Å². The van der Waals surface area contributed by atoms with Gasteiger partial charge in [-0.15, -0.1) is 0 Å². The number of carbonyl (C=O) groups is 1. The fraction of sp³-hybridized carbons (Fsp3) is 0.417. The highest BCUT2D eigenvalue weighted by molar-refractivity contribution is 5.79. The first-order chi connectivity index (χ1) is 7.29. The summed E-state index contributed by atoms with van der Waals surface area (Å²) < 4.78 is 5.69. The van der Waals surface area contributed by atoms with E-state index >= 15 is 0 Å². The van der Waals surface area contributed by atoms with Gasteiger partial charge in [-0.25, -0.2) is 0 Å². The molecule has 15 heavy (non-hydrogen) atoms. The molecular weight excluding hydrogens is 190 g/mol. The van der Waals surface area contributed by atoms with E-state index in [-0.39, 0.29) is 17.9 Å². The summed E-state index contributed by atoms with van der Waals surface area (Å²) in [6.07, 6.45) is -0.117. The van der Waals surface area contributed by atoms with Gasteiger partial charge in [0.05, 0.1) is 18.6 Å². The Hall–Kier alpha value is -1.35. The second kappa shape index (κ2) is 4.45. The number of benzene rings is 1. The molecule has 0 radical (unpaired) electrons. The van der Waals surface area contributed by atoms with Crippen LogP contribution in [0.2, 0.25) is 0 Å². The smallest absolute Gasteiger partial charge is 0.225 e. The zero-order chi connectivity index (χ0) is 10.7. The number of rotatable bonds is 1. The Bertz CT molecular complexity index is 337. The number of nitrogens with one attached hydrogen (secondary N) is 1. The Labute approximate surface area is 89.4 Å². The predicted octanol–water partition coefficient (Wildman–Crippen LogP) is 1.51. The minimum atomic E-state index is -0.130. The van der Waals surface area contributed by atoms with Crippen molar-refractivity contribution < 1.29 is 9.53 Å². The monoisotopic (exact) mass is 205 g/mol. The highest BCUT2D eigenvalue weighted by Gasteiger charge is 2.28. The van der Waals surface area contributed by atoms with Crippen molar-refractivity contribution in [1.29, 1.82) is 0 Å². The van der Waals surface area contributed by atoms with Crippen molar-refractivity contribution in [1.82, 2.24) is 5.32 Å². The van der Waals surface area contributed by atoms with Gasteiger partial charge in [0.2, 0.25) is 5.91 Å². The average molecular weight is 205 g/mol. The molecule has 0 spiro atoms. The Morgan fingerprint density at radius 3 is 2.80 bits per heavy atom. The van der Waals surface area contributed by atoms with Crippen molar-refractivity contribution >= 4 is 5.91 Å². The van der Waals surface area contributed by atoms with Gasteiger partial charge in [-0.05, 0) is 5.56 Å². The van der Waals surface area contributed by atoms with Crippen molar-refractivity contribution in [2.75, 3.05) is 13.2 Å². The second-order valence-electron chi connectivity index (χ2n) is 3.78. The fourth-order valence-electron chi connectivity index (χ4n) is 1.83. The second-order valence-corrected chi connectivity index (χ2v) is 3.78. The molecule has 80 valence electrons. The zero-order valence-electron chi connectivity index (χ0n) is 8.77. The molecule has 0 aromatic heterocycles. The molecule has 0 bridgehead atoms. The molecule has 3 nitrogen and oxygen atoms in total. The first-order valence-corrected chi connectivity index (χ1v) is 5.23. The zero-order valence-corrected chi connectivity index (χ0v) is 8.77. The minimum absolute atomic E-state index is 0.0707. The van der Waals surface area contributed by atoms with E-state index in [9.17, 15) is 4.79 Å². The Balaban J connectivity index is 2.23. The molecular formula is C12H15NO2. The summed E-state index contributed by atoms with van der Waals surface area (Å²) in [6, 6.07) is 9.90. The molecule has 0 aliphatic carbocycles. The maximum absolute atomic E-state index is 11.6. The summed E-state index contributed by atoms with van der Waals surface area (Å²) in [5.41, 5.74) is 1.07. The predicted molar refractivity (Wildman–Crippen MR) is 57.3 cm³/mol. The van der Waals surface area contributed by atoms with E-state index in [1.54, 1.807) is 0 Å². The molecule has 1 aliphatic rings. The molecule has 1 heterocycles. The molecule has 0 saturated carbocycles. The van der Waals surface area contributed by atoms with E-state index in [1.165, 1.54) is 0 Å². The SMILES string of the molecule is CC1C(=O)NCCOC1c1ccccc1. The molecule has 2 atom stereocenters. The van der Waals surface area contributed by atoms with Crippen LogP contribution >= 0.6 is 0 Å². The molecule has 2 unspecified atom stereocenters. The summed E-state index contributed by atoms with van der Waals surface area (Å²) in [5, 5.41) is 2.83. The van der Waals surface area contributed by atoms with Crippen LogP contribution in [0, 0.1) is 5.92 Å². The summed E-state index contributed by atoms with van der Waals surface area (Å²) in [4.78, 5) is 11.6. The maximum Gasteiger partial charge on any atom is 0.225 e. The van der Waals surface area contributed by atoms with E-state index < -0.39 is 0 Å². The number of amides is 1. The van der Waals surface area contributed by atoms with Crippen LogP contribution in [0.1, 0.15) is 18.6 Å². The molecule has 1 N–H and O–H groups in total. The molecule has 1 aromatic carbocycles. The van der Waals surface area contributed by atoms with Crippen molar-refractivity contribution in [3.63, 3.8) is 0 Å². The van der Waals surface area contributed by atoms with Gasteiger partial charge in [-0.3, -0.25) is 4.79 Å². The van der Waals surface area contributed by atoms with Gasteiger partial charge in [0, 0.05) is 6.54 Å². The third-order valence-corrected chi connectivity index (χ3v) is 2.69. The van der Waals surface area contributed by atoms with Crippen molar-refractivity contribution in [3.05, 3.63) is 35.9 Å². The number of carbonyl (C=O) groups excluding carboxylic acids is 1. The molecule has 1 aromatic rings. The van der Waals surface area contributed by atoms with Crippen LogP contribution in [0.15, 0.2) is 30.3 Å². The molecule has 1 aliphatic heterocycles. The lowest BCUT2D eigenvalue weighted by Crippen LogP contribution is -2.30. The Kier molecular flexibility index (Phi) is 3.02. The summed E-state index contributed by atoms with van der Waals surface area (Å²) in [6.45, 7) is 3.08. The third-order valence-electron chi connectivity index (χ3n) is 2.69. The van der Waals surface area contributed by atoms with Crippen LogP contribution in [0.5, 0.6) is 0 Å². The lowest BCUT2D eigenvalue weighted by Gasteiger charge is -2.20. The van der Waals surface area contributed by atoms with Crippen LogP contribution in [0.25, 0.3) is 0 Å². The van der Waals surface area contributed by atoms with Crippen LogP contribution in [0.4, 0.5) is 0 Å². The number of hydrogen-bond donors (Lipinski definition) is 1. The standard InChI is InChI=1S/C12H15NO2/c1-9-11(10-5-3-2-4-6-10)15-8-7-13-12(9)14/h2-6,9,11H,7-8H2,1H3,(H,13,14). The van der Waals surface area contributed by atoms with Gasteiger partial charge in [-0.1, -0.05) is 37.3 Å². The maximum atomic E-state index is 11.6. The number of hydrogen-bond acceptors (Lipinski definition) is 2. The van der Waals surface area contributed by atoms with Crippen molar-refractivity contribution in [3.8, 4) is 0 Å². The minimum Gasteiger partial charge on any atom is -0.371 e. The topological polar surface area (TPSA) is 38.3 Å². The normalized spacial score (nSPS) is 26.9. The fourth-order valence-corrected chi connectivity index (χ4v) is 1.83. The van der Waals surface area contributed by atoms with E-state index in [0.717, 1.165) is 5.56 Å². The number of ether oxygens (including phenoxy) is 1. The average Bonchev–Trinajstić information content (AvgIpc) is 2.44. The summed E-state index contributed by atoms with van der Waals surface area (Å²) >= 11 is 0. The molecule has 1 fully saturated rings. The molecule has 2 rings (SSSR count). The quantitative estimate of drug-likeness (QED) is 0.754. The van der Waals surface area contributed by atoms with Crippen molar-refractivity contribution in [2.24, 2.45) is 5.92 Å². The highest BCUT2D eigenvalue weighted by Crippen LogP contribution is 2.27. The van der Waals surface area contributed by atoms with Crippen LogP contribution in [-0.2, 0) is 9.53 Å². The van der Waals surface area contributed by atoms with Gasteiger partial charge in [0.25, 0.3) is 0 Å². The van der Waals surface area contributed by atoms with Gasteiger partial charge >= 0.3 is 0 Å². The lowest BCUT2D eigenvalue weighted by molar-refractivity contribution is -0.126. The largest absolute Gasteiger partial charge is 0.371 e. The molecule has 3 heteroatoms. The molecule has 1 amide bonds. The van der Waals surface area contributed by atoms with Gasteiger partial charge < -0.3 is 10.1 Å². The first-order valence-electron chi connectivity index (χ1n) is 5.23. The van der Waals surface area contributed by atoms with E-state index in [2.05, 4.69) is 5.32 Å². The highest BCUT2D eigenvalue weighted by atomic mass is 16.5. The Morgan fingerprint density at radius 1 is 1.33 bits per heavy atom. The third kappa shape index (κ3) is 2.18. The summed E-state index contributed by atoms with van der Waals surface area (Å²) in [7, 11) is 0. The van der Waals surface area contributed by atoms with Crippen LogP contribution in [0.3, 0.4) is 0 Å². The van der Waals surface area contributed by atoms with Crippen LogP contribution in [-0.4, -0.2) is 19.1 Å². The van der Waals surface area contributed by atoms with Gasteiger partial charge in [0.15, 0.2) is 0 Å². The summed E-state index contributed by atoms with van der Waals surface area (Å²) in [5.74, 6) is -0.0590.